The lowest BCUT2D eigenvalue weighted by molar-refractivity contribution is 0.0958. The second kappa shape index (κ2) is 4.44. The summed E-state index contributed by atoms with van der Waals surface area (Å²) < 4.78 is 2.02. The summed E-state index contributed by atoms with van der Waals surface area (Å²) in [5.41, 5.74) is 0.489. The molecule has 0 aliphatic carbocycles. The second-order valence-electron chi connectivity index (χ2n) is 3.79. The molecule has 1 amide bonds. The van der Waals surface area contributed by atoms with Crippen LogP contribution in [-0.2, 0) is 0 Å². The van der Waals surface area contributed by atoms with Gasteiger partial charge in [0.15, 0.2) is 0 Å². The summed E-state index contributed by atoms with van der Waals surface area (Å²) >= 11 is 0. The minimum Gasteiger partial charge on any atom is -0.354 e. The highest BCUT2D eigenvalue weighted by Gasteiger charge is 2.16. The van der Waals surface area contributed by atoms with E-state index >= 15 is 0 Å². The van der Waals surface area contributed by atoms with Gasteiger partial charge in [0.2, 0.25) is 0 Å². The molecular weight excluding hydrogens is 192 g/mol. The third-order valence-corrected chi connectivity index (χ3v) is 2.75. The summed E-state index contributed by atoms with van der Waals surface area (Å²) in [4.78, 5) is 15.4. The van der Waals surface area contributed by atoms with E-state index in [1.165, 1.54) is 6.42 Å². The van der Waals surface area contributed by atoms with Gasteiger partial charge < -0.3 is 15.2 Å². The van der Waals surface area contributed by atoms with Gasteiger partial charge in [0.1, 0.15) is 5.69 Å². The molecule has 1 unspecified atom stereocenters. The van der Waals surface area contributed by atoms with E-state index in [4.69, 9.17) is 0 Å². The normalized spacial score (nSPS) is 21.3. The SMILES string of the molecule is CNC(=O)c1cn(C2CCCNC2)cn1. The maximum absolute atomic E-state index is 11.3. The van der Waals surface area contributed by atoms with E-state index in [-0.39, 0.29) is 5.91 Å². The summed E-state index contributed by atoms with van der Waals surface area (Å²) in [6.07, 6.45) is 5.88. The van der Waals surface area contributed by atoms with Crippen molar-refractivity contribution in [2.45, 2.75) is 18.9 Å². The fourth-order valence-electron chi connectivity index (χ4n) is 1.87. The zero-order chi connectivity index (χ0) is 10.7. The Morgan fingerprint density at radius 1 is 1.73 bits per heavy atom. The Hall–Kier alpha value is -1.36. The van der Waals surface area contributed by atoms with Gasteiger partial charge in [-0.3, -0.25) is 4.79 Å². The first kappa shape index (κ1) is 10.2. The zero-order valence-corrected chi connectivity index (χ0v) is 8.86. The molecule has 0 saturated carbocycles. The van der Waals surface area contributed by atoms with Crippen LogP contribution in [0.4, 0.5) is 0 Å². The van der Waals surface area contributed by atoms with Crippen LogP contribution in [0.2, 0.25) is 0 Å². The molecule has 2 N–H and O–H groups in total. The molecule has 5 heteroatoms. The van der Waals surface area contributed by atoms with Crippen LogP contribution >= 0.6 is 0 Å². The molecule has 1 fully saturated rings. The van der Waals surface area contributed by atoms with Gasteiger partial charge in [-0.05, 0) is 19.4 Å². The lowest BCUT2D eigenvalue weighted by atomic mass is 10.1. The van der Waals surface area contributed by atoms with E-state index in [0.29, 0.717) is 11.7 Å². The van der Waals surface area contributed by atoms with Gasteiger partial charge in [-0.25, -0.2) is 4.98 Å². The average molecular weight is 208 g/mol. The molecule has 5 nitrogen and oxygen atoms in total. The number of carbonyl (C=O) groups excluding carboxylic acids is 1. The van der Waals surface area contributed by atoms with Crippen LogP contribution in [0.1, 0.15) is 29.4 Å². The van der Waals surface area contributed by atoms with E-state index in [1.54, 1.807) is 13.4 Å². The number of nitrogens with one attached hydrogen (secondary N) is 2. The predicted molar refractivity (Wildman–Crippen MR) is 56.8 cm³/mol. The van der Waals surface area contributed by atoms with Gasteiger partial charge in [0, 0.05) is 25.8 Å². The fraction of sp³-hybridized carbons (Fsp3) is 0.600. The molecule has 0 aromatic carbocycles. The maximum atomic E-state index is 11.3. The molecule has 2 heterocycles. The second-order valence-corrected chi connectivity index (χ2v) is 3.79. The maximum Gasteiger partial charge on any atom is 0.271 e. The van der Waals surface area contributed by atoms with Gasteiger partial charge in [-0.2, -0.15) is 0 Å². The van der Waals surface area contributed by atoms with Crippen LogP contribution in [0.5, 0.6) is 0 Å². The van der Waals surface area contributed by atoms with E-state index in [2.05, 4.69) is 15.6 Å². The van der Waals surface area contributed by atoms with Gasteiger partial charge in [-0.1, -0.05) is 0 Å². The molecule has 15 heavy (non-hydrogen) atoms. The van der Waals surface area contributed by atoms with Crippen molar-refractivity contribution < 1.29 is 4.79 Å². The average Bonchev–Trinajstić information content (AvgIpc) is 2.78. The number of carbonyl (C=O) groups is 1. The number of nitrogens with zero attached hydrogens (tertiary/aromatic N) is 2. The van der Waals surface area contributed by atoms with Crippen molar-refractivity contribution in [3.63, 3.8) is 0 Å². The highest BCUT2D eigenvalue weighted by atomic mass is 16.1. The molecule has 2 rings (SSSR count). The third-order valence-electron chi connectivity index (χ3n) is 2.75. The Morgan fingerprint density at radius 3 is 3.27 bits per heavy atom. The van der Waals surface area contributed by atoms with Gasteiger partial charge in [0.05, 0.1) is 6.33 Å². The number of imidazole rings is 1. The molecule has 1 aromatic heterocycles. The molecule has 1 saturated heterocycles. The number of hydrogen-bond acceptors (Lipinski definition) is 3. The van der Waals surface area contributed by atoms with E-state index < -0.39 is 0 Å². The summed E-state index contributed by atoms with van der Waals surface area (Å²) in [6.45, 7) is 2.05. The topological polar surface area (TPSA) is 59.0 Å². The summed E-state index contributed by atoms with van der Waals surface area (Å²) in [5, 5.41) is 5.90. The number of amides is 1. The lowest BCUT2D eigenvalue weighted by Crippen LogP contribution is -2.31. The Labute approximate surface area is 88.9 Å². The van der Waals surface area contributed by atoms with Gasteiger partial charge in [-0.15, -0.1) is 0 Å². The molecule has 0 bridgehead atoms. The summed E-state index contributed by atoms with van der Waals surface area (Å²) in [5.74, 6) is -0.127. The highest BCUT2D eigenvalue weighted by molar-refractivity contribution is 5.91. The van der Waals surface area contributed by atoms with Crippen molar-refractivity contribution in [2.24, 2.45) is 0 Å². The predicted octanol–water partition coefficient (Wildman–Crippen LogP) is 0.167. The van der Waals surface area contributed by atoms with Crippen molar-refractivity contribution in [3.8, 4) is 0 Å². The Bertz CT molecular complexity index is 341. The minimum absolute atomic E-state index is 0.127. The first-order valence-electron chi connectivity index (χ1n) is 5.27. The van der Waals surface area contributed by atoms with Crippen LogP contribution < -0.4 is 10.6 Å². The molecule has 0 radical (unpaired) electrons. The molecule has 1 aliphatic heterocycles. The number of piperidine rings is 1. The van der Waals surface area contributed by atoms with Crippen molar-refractivity contribution in [1.82, 2.24) is 20.2 Å². The van der Waals surface area contributed by atoms with Crippen LogP contribution in [0, 0.1) is 0 Å². The number of hydrogen-bond donors (Lipinski definition) is 2. The van der Waals surface area contributed by atoms with Gasteiger partial charge >= 0.3 is 0 Å². The van der Waals surface area contributed by atoms with Crippen LogP contribution in [0.25, 0.3) is 0 Å². The van der Waals surface area contributed by atoms with Crippen molar-refractivity contribution in [2.75, 3.05) is 20.1 Å². The highest BCUT2D eigenvalue weighted by Crippen LogP contribution is 2.16. The monoisotopic (exact) mass is 208 g/mol. The molecule has 0 spiro atoms. The largest absolute Gasteiger partial charge is 0.354 e. The first-order chi connectivity index (χ1) is 7.31. The van der Waals surface area contributed by atoms with Crippen molar-refractivity contribution in [1.29, 1.82) is 0 Å². The van der Waals surface area contributed by atoms with Crippen LogP contribution in [-0.4, -0.2) is 35.6 Å². The molecular formula is C10H16N4O. The fourth-order valence-corrected chi connectivity index (χ4v) is 1.87. The van der Waals surface area contributed by atoms with E-state index in [9.17, 15) is 4.79 Å². The first-order valence-corrected chi connectivity index (χ1v) is 5.27. The molecule has 1 atom stereocenters. The summed E-state index contributed by atoms with van der Waals surface area (Å²) in [6, 6.07) is 0.435. The van der Waals surface area contributed by atoms with E-state index in [1.807, 2.05) is 10.8 Å². The Morgan fingerprint density at radius 2 is 2.60 bits per heavy atom. The van der Waals surface area contributed by atoms with Crippen LogP contribution in [0.3, 0.4) is 0 Å². The smallest absolute Gasteiger partial charge is 0.271 e. The standard InChI is InChI=1S/C10H16N4O/c1-11-10(15)9-6-14(7-13-9)8-3-2-4-12-5-8/h6-8,12H,2-5H2,1H3,(H,11,15). The van der Waals surface area contributed by atoms with E-state index in [0.717, 1.165) is 19.5 Å². The van der Waals surface area contributed by atoms with Crippen LogP contribution in [0.15, 0.2) is 12.5 Å². The quantitative estimate of drug-likeness (QED) is 0.728. The zero-order valence-electron chi connectivity index (χ0n) is 8.86. The minimum atomic E-state index is -0.127. The third kappa shape index (κ3) is 2.18. The molecule has 1 aromatic rings. The van der Waals surface area contributed by atoms with Crippen molar-refractivity contribution in [3.05, 3.63) is 18.2 Å². The molecule has 82 valence electrons. The lowest BCUT2D eigenvalue weighted by Gasteiger charge is -2.23. The molecule has 1 aliphatic rings. The summed E-state index contributed by atoms with van der Waals surface area (Å²) in [7, 11) is 1.61. The van der Waals surface area contributed by atoms with Crippen molar-refractivity contribution >= 4 is 5.91 Å². The van der Waals surface area contributed by atoms with Gasteiger partial charge in [0.25, 0.3) is 5.91 Å². The number of rotatable bonds is 2. The Balaban J connectivity index is 2.08. The number of aromatic nitrogens is 2. The Kier molecular flexibility index (Phi) is 3.01.